The molecule has 0 radical (unpaired) electrons. The molecular formula is C16H13ClF3N3O2S. The summed E-state index contributed by atoms with van der Waals surface area (Å²) in [5.74, 6) is 0.278. The summed E-state index contributed by atoms with van der Waals surface area (Å²) >= 11 is 7.14. The average Bonchev–Trinajstić information content (AvgIpc) is 3.16. The highest BCUT2D eigenvalue weighted by Gasteiger charge is 2.32. The third-order valence-corrected chi connectivity index (χ3v) is 5.33. The molecule has 0 saturated heterocycles. The second kappa shape index (κ2) is 6.88. The van der Waals surface area contributed by atoms with E-state index in [4.69, 9.17) is 16.0 Å². The summed E-state index contributed by atoms with van der Waals surface area (Å²) in [6, 6.07) is 2.51. The molecule has 0 spiro atoms. The van der Waals surface area contributed by atoms with E-state index in [1.807, 2.05) is 19.9 Å². The molecule has 0 saturated carbocycles. The minimum Gasteiger partial charge on any atom is -0.418 e. The predicted octanol–water partition coefficient (Wildman–Crippen LogP) is 4.55. The number of hydrogen-bond donors (Lipinski definition) is 0. The molecule has 0 aliphatic heterocycles. The Morgan fingerprint density at radius 3 is 2.65 bits per heavy atom. The molecule has 3 aromatic heterocycles. The summed E-state index contributed by atoms with van der Waals surface area (Å²) in [7, 11) is 0. The molecule has 26 heavy (non-hydrogen) atoms. The van der Waals surface area contributed by atoms with E-state index in [0.29, 0.717) is 12.3 Å². The number of pyridine rings is 1. The quantitative estimate of drug-likeness (QED) is 0.641. The number of halogens is 4. The van der Waals surface area contributed by atoms with Gasteiger partial charge in [-0.25, -0.2) is 0 Å². The molecule has 0 aliphatic rings. The van der Waals surface area contributed by atoms with Crippen molar-refractivity contribution in [1.29, 1.82) is 0 Å². The van der Waals surface area contributed by atoms with Gasteiger partial charge in [0, 0.05) is 11.1 Å². The molecule has 3 aromatic rings. The van der Waals surface area contributed by atoms with Crippen molar-refractivity contribution in [2.75, 3.05) is 0 Å². The van der Waals surface area contributed by atoms with Gasteiger partial charge in [0.2, 0.25) is 5.89 Å². The first kappa shape index (κ1) is 18.7. The highest BCUT2D eigenvalue weighted by atomic mass is 35.5. The average molecular weight is 404 g/mol. The summed E-state index contributed by atoms with van der Waals surface area (Å²) in [6.07, 6.45) is -3.07. The smallest absolute Gasteiger partial charge is 0.417 e. The molecular weight excluding hydrogens is 391 g/mol. The second-order valence-corrected chi connectivity index (χ2v) is 7.12. The highest BCUT2D eigenvalue weighted by molar-refractivity contribution is 7.15. The van der Waals surface area contributed by atoms with E-state index in [2.05, 4.69) is 10.2 Å². The number of aryl methyl sites for hydroxylation is 2. The van der Waals surface area contributed by atoms with Crippen LogP contribution in [0, 0.1) is 6.92 Å². The van der Waals surface area contributed by atoms with Crippen LogP contribution in [0.4, 0.5) is 13.2 Å². The fourth-order valence-corrected chi connectivity index (χ4v) is 3.67. The summed E-state index contributed by atoms with van der Waals surface area (Å²) < 4.78 is 45.0. The summed E-state index contributed by atoms with van der Waals surface area (Å²) in [5, 5.41) is 7.21. The fraction of sp³-hybridized carbons (Fsp3) is 0.312. The Morgan fingerprint density at radius 2 is 2.04 bits per heavy atom. The van der Waals surface area contributed by atoms with Crippen molar-refractivity contribution in [3.8, 4) is 10.8 Å². The molecule has 0 bridgehead atoms. The first-order chi connectivity index (χ1) is 12.2. The zero-order valence-electron chi connectivity index (χ0n) is 13.7. The first-order valence-corrected chi connectivity index (χ1v) is 8.77. The van der Waals surface area contributed by atoms with Gasteiger partial charge in [0.1, 0.15) is 11.6 Å². The summed E-state index contributed by atoms with van der Waals surface area (Å²) in [6.45, 7) is 3.70. The topological polar surface area (TPSA) is 60.9 Å². The number of hydrogen-bond acceptors (Lipinski definition) is 5. The maximum absolute atomic E-state index is 12.9. The van der Waals surface area contributed by atoms with E-state index in [0.717, 1.165) is 21.4 Å². The van der Waals surface area contributed by atoms with E-state index >= 15 is 0 Å². The zero-order chi connectivity index (χ0) is 19.1. The van der Waals surface area contributed by atoms with Crippen LogP contribution in [0.1, 0.15) is 28.8 Å². The minimum atomic E-state index is -4.62. The normalized spacial score (nSPS) is 11.9. The van der Waals surface area contributed by atoms with Gasteiger partial charge >= 0.3 is 6.18 Å². The van der Waals surface area contributed by atoms with Crippen LogP contribution in [0.3, 0.4) is 0 Å². The Bertz CT molecular complexity index is 1010. The van der Waals surface area contributed by atoms with Gasteiger partial charge in [-0.05, 0) is 31.0 Å². The van der Waals surface area contributed by atoms with E-state index in [1.165, 1.54) is 16.2 Å². The molecule has 0 aromatic carbocycles. The predicted molar refractivity (Wildman–Crippen MR) is 91.5 cm³/mol. The zero-order valence-corrected chi connectivity index (χ0v) is 15.3. The molecule has 138 valence electrons. The van der Waals surface area contributed by atoms with E-state index < -0.39 is 22.3 Å². The van der Waals surface area contributed by atoms with Crippen LogP contribution >= 0.6 is 22.9 Å². The minimum absolute atomic E-state index is 0.0154. The Balaban J connectivity index is 1.92. The molecule has 0 unspecified atom stereocenters. The van der Waals surface area contributed by atoms with Crippen LogP contribution in [0.2, 0.25) is 5.02 Å². The molecule has 0 amide bonds. The first-order valence-electron chi connectivity index (χ1n) is 7.58. The van der Waals surface area contributed by atoms with E-state index in [1.54, 1.807) is 0 Å². The van der Waals surface area contributed by atoms with Crippen molar-refractivity contribution in [3.05, 3.63) is 55.6 Å². The van der Waals surface area contributed by atoms with Crippen LogP contribution in [0.15, 0.2) is 27.5 Å². The van der Waals surface area contributed by atoms with Crippen LogP contribution in [0.5, 0.6) is 0 Å². The third kappa shape index (κ3) is 3.68. The Morgan fingerprint density at radius 1 is 1.31 bits per heavy atom. The molecule has 5 nitrogen and oxygen atoms in total. The standard InChI is InChI=1S/C16H13ClF3N3O2S/c1-3-11-8(2)4-12(26-11)14-22-21-13(25-14)7-23-6-9(16(18,19)20)5-10(17)15(23)24/h4-6H,3,7H2,1-2H3. The Hall–Kier alpha value is -2.13. The largest absolute Gasteiger partial charge is 0.418 e. The van der Waals surface area contributed by atoms with Gasteiger partial charge in [-0.3, -0.25) is 4.79 Å². The van der Waals surface area contributed by atoms with Crippen molar-refractivity contribution in [1.82, 2.24) is 14.8 Å². The highest BCUT2D eigenvalue weighted by Crippen LogP contribution is 2.31. The van der Waals surface area contributed by atoms with Gasteiger partial charge in [-0.15, -0.1) is 21.5 Å². The monoisotopic (exact) mass is 403 g/mol. The molecule has 3 heterocycles. The maximum Gasteiger partial charge on any atom is 0.417 e. The van der Waals surface area contributed by atoms with Gasteiger partial charge in [0.15, 0.2) is 0 Å². The van der Waals surface area contributed by atoms with Gasteiger partial charge in [-0.1, -0.05) is 18.5 Å². The molecule has 0 N–H and O–H groups in total. The van der Waals surface area contributed by atoms with Crippen LogP contribution in [-0.2, 0) is 19.1 Å². The van der Waals surface area contributed by atoms with E-state index in [9.17, 15) is 18.0 Å². The molecule has 3 rings (SSSR count). The van der Waals surface area contributed by atoms with Crippen LogP contribution < -0.4 is 5.56 Å². The molecule has 0 aliphatic carbocycles. The third-order valence-electron chi connectivity index (χ3n) is 3.69. The van der Waals surface area contributed by atoms with Crippen molar-refractivity contribution < 1.29 is 17.6 Å². The SMILES string of the molecule is CCc1sc(-c2nnc(Cn3cc(C(F)(F)F)cc(Cl)c3=O)o2)cc1C. The van der Waals surface area contributed by atoms with Gasteiger partial charge in [-0.2, -0.15) is 13.2 Å². The van der Waals surface area contributed by atoms with Gasteiger partial charge in [0.25, 0.3) is 11.4 Å². The summed E-state index contributed by atoms with van der Waals surface area (Å²) in [5.41, 5.74) is -0.684. The van der Waals surface area contributed by atoms with Crippen LogP contribution in [0.25, 0.3) is 10.8 Å². The number of aromatic nitrogens is 3. The fourth-order valence-electron chi connectivity index (χ4n) is 2.41. The number of nitrogens with zero attached hydrogens (tertiary/aromatic N) is 3. The van der Waals surface area contributed by atoms with Gasteiger partial charge in [0.05, 0.1) is 10.4 Å². The Labute approximate surface area is 155 Å². The van der Waals surface area contributed by atoms with Gasteiger partial charge < -0.3 is 8.98 Å². The molecule has 0 fully saturated rings. The van der Waals surface area contributed by atoms with E-state index in [-0.39, 0.29) is 18.3 Å². The lowest BCUT2D eigenvalue weighted by Crippen LogP contribution is -2.23. The Kier molecular flexibility index (Phi) is 4.94. The van der Waals surface area contributed by atoms with Crippen molar-refractivity contribution in [2.45, 2.75) is 33.0 Å². The lowest BCUT2D eigenvalue weighted by atomic mass is 10.2. The lowest BCUT2D eigenvalue weighted by Gasteiger charge is -2.10. The number of alkyl halides is 3. The van der Waals surface area contributed by atoms with Crippen LogP contribution in [-0.4, -0.2) is 14.8 Å². The maximum atomic E-state index is 12.9. The number of rotatable bonds is 4. The summed E-state index contributed by atoms with van der Waals surface area (Å²) in [4.78, 5) is 13.9. The second-order valence-electron chi connectivity index (χ2n) is 5.58. The number of thiophene rings is 1. The molecule has 10 heteroatoms. The van der Waals surface area contributed by atoms with Crippen molar-refractivity contribution >= 4 is 22.9 Å². The molecule has 0 atom stereocenters. The van der Waals surface area contributed by atoms with Crippen molar-refractivity contribution in [3.63, 3.8) is 0 Å². The van der Waals surface area contributed by atoms with Crippen molar-refractivity contribution in [2.24, 2.45) is 0 Å². The lowest BCUT2D eigenvalue weighted by molar-refractivity contribution is -0.138.